The van der Waals surface area contributed by atoms with Gasteiger partial charge in [-0.2, -0.15) is 5.10 Å². The van der Waals surface area contributed by atoms with Gasteiger partial charge in [-0.1, -0.05) is 11.6 Å². The van der Waals surface area contributed by atoms with Crippen molar-refractivity contribution in [2.75, 3.05) is 11.9 Å². The minimum atomic E-state index is -0.479. The summed E-state index contributed by atoms with van der Waals surface area (Å²) in [4.78, 5) is 14.2. The Labute approximate surface area is 114 Å². The van der Waals surface area contributed by atoms with E-state index in [1.807, 2.05) is 0 Å². The van der Waals surface area contributed by atoms with Crippen LogP contribution in [0, 0.1) is 10.1 Å². The molecule has 0 unspecified atom stereocenters. The number of rotatable bonds is 5. The highest BCUT2D eigenvalue weighted by Crippen LogP contribution is 2.26. The van der Waals surface area contributed by atoms with Crippen LogP contribution in [0.1, 0.15) is 5.82 Å². The lowest BCUT2D eigenvalue weighted by Gasteiger charge is -2.06. The summed E-state index contributed by atoms with van der Waals surface area (Å²) in [5.41, 5.74) is 0.630. The van der Waals surface area contributed by atoms with E-state index in [0.29, 0.717) is 23.7 Å². The fourth-order valence-electron chi connectivity index (χ4n) is 1.57. The Bertz CT molecular complexity index is 599. The summed E-state index contributed by atoms with van der Waals surface area (Å²) in [6.07, 6.45) is 2.28. The highest BCUT2D eigenvalue weighted by molar-refractivity contribution is 6.33. The minimum absolute atomic E-state index is 0.0260. The molecule has 7 nitrogen and oxygen atoms in total. The first kappa shape index (κ1) is 13.3. The van der Waals surface area contributed by atoms with Crippen LogP contribution < -0.4 is 5.32 Å². The first-order valence-electron chi connectivity index (χ1n) is 5.58. The van der Waals surface area contributed by atoms with Crippen LogP contribution in [0.4, 0.5) is 11.4 Å². The third-order valence-corrected chi connectivity index (χ3v) is 2.79. The molecule has 8 heteroatoms. The van der Waals surface area contributed by atoms with Crippen LogP contribution in [0.2, 0.25) is 5.02 Å². The third-order valence-electron chi connectivity index (χ3n) is 2.47. The fraction of sp³-hybridized carbons (Fsp3) is 0.273. The van der Waals surface area contributed by atoms with Crippen LogP contribution in [0.3, 0.4) is 0 Å². The Hall–Kier alpha value is -2.15. The zero-order chi connectivity index (χ0) is 13.8. The number of nitro groups is 1. The molecule has 0 saturated heterocycles. The van der Waals surface area contributed by atoms with Gasteiger partial charge in [-0.3, -0.25) is 14.8 Å². The second-order valence-corrected chi connectivity index (χ2v) is 4.34. The van der Waals surface area contributed by atoms with Crippen LogP contribution in [0.5, 0.6) is 0 Å². The number of anilines is 1. The van der Waals surface area contributed by atoms with Gasteiger partial charge in [-0.25, -0.2) is 4.98 Å². The average Bonchev–Trinajstić information content (AvgIpc) is 2.77. The summed E-state index contributed by atoms with van der Waals surface area (Å²) in [6, 6.07) is 4.32. The van der Waals surface area contributed by atoms with Crippen LogP contribution in [-0.4, -0.2) is 26.2 Å². The van der Waals surface area contributed by atoms with Crippen LogP contribution >= 0.6 is 11.6 Å². The van der Waals surface area contributed by atoms with E-state index in [-0.39, 0.29) is 5.69 Å². The van der Waals surface area contributed by atoms with E-state index in [9.17, 15) is 10.1 Å². The zero-order valence-corrected chi connectivity index (χ0v) is 11.0. The lowest BCUT2D eigenvalue weighted by molar-refractivity contribution is -0.384. The maximum absolute atomic E-state index is 10.6. The van der Waals surface area contributed by atoms with Gasteiger partial charge in [0, 0.05) is 32.1 Å². The number of aromatic nitrogens is 3. The van der Waals surface area contributed by atoms with Gasteiger partial charge < -0.3 is 5.32 Å². The molecule has 100 valence electrons. The lowest BCUT2D eigenvalue weighted by Crippen LogP contribution is -2.07. The molecule has 0 atom stereocenters. The molecule has 1 N–H and O–H groups in total. The van der Waals surface area contributed by atoms with Crippen molar-refractivity contribution in [2.24, 2.45) is 7.05 Å². The standard InChI is InChI=1S/C11H12ClN5O2/c1-16-7-14-11(15-16)4-5-13-10-3-2-8(17(18)19)6-9(10)12/h2-3,6-7,13H,4-5H2,1H3. The molecule has 2 aromatic rings. The van der Waals surface area contributed by atoms with Gasteiger partial charge in [0.15, 0.2) is 5.82 Å². The summed E-state index contributed by atoms with van der Waals surface area (Å²) < 4.78 is 1.63. The van der Waals surface area contributed by atoms with Crippen molar-refractivity contribution in [1.29, 1.82) is 0 Å². The van der Waals surface area contributed by atoms with Crippen molar-refractivity contribution in [3.8, 4) is 0 Å². The number of non-ortho nitro benzene ring substituents is 1. The van der Waals surface area contributed by atoms with Crippen molar-refractivity contribution in [2.45, 2.75) is 6.42 Å². The molecule has 0 fully saturated rings. The maximum Gasteiger partial charge on any atom is 0.271 e. The predicted octanol–water partition coefficient (Wildman–Crippen LogP) is 2.03. The molecule has 0 aliphatic heterocycles. The summed E-state index contributed by atoms with van der Waals surface area (Å²) in [5, 5.41) is 18.1. The number of benzene rings is 1. The van der Waals surface area contributed by atoms with E-state index in [2.05, 4.69) is 15.4 Å². The number of nitro benzene ring substituents is 1. The number of hydrogen-bond donors (Lipinski definition) is 1. The van der Waals surface area contributed by atoms with Gasteiger partial charge in [-0.05, 0) is 6.07 Å². The summed E-state index contributed by atoms with van der Waals surface area (Å²) in [7, 11) is 1.80. The van der Waals surface area contributed by atoms with Crippen molar-refractivity contribution in [3.05, 3.63) is 45.5 Å². The number of nitrogens with one attached hydrogen (secondary N) is 1. The van der Waals surface area contributed by atoms with E-state index in [4.69, 9.17) is 11.6 Å². The summed E-state index contributed by atoms with van der Waals surface area (Å²) in [5.74, 6) is 0.730. The number of aryl methyl sites for hydroxylation is 1. The van der Waals surface area contributed by atoms with Crippen molar-refractivity contribution in [1.82, 2.24) is 14.8 Å². The average molecular weight is 282 g/mol. The van der Waals surface area contributed by atoms with E-state index in [0.717, 1.165) is 5.82 Å². The second kappa shape index (κ2) is 5.66. The predicted molar refractivity (Wildman–Crippen MR) is 71.3 cm³/mol. The molecule has 1 aromatic carbocycles. The number of nitrogens with zero attached hydrogens (tertiary/aromatic N) is 4. The van der Waals surface area contributed by atoms with Crippen LogP contribution in [-0.2, 0) is 13.5 Å². The zero-order valence-electron chi connectivity index (χ0n) is 10.2. The molecule has 1 aromatic heterocycles. The second-order valence-electron chi connectivity index (χ2n) is 3.93. The van der Waals surface area contributed by atoms with Crippen molar-refractivity contribution >= 4 is 23.0 Å². The molecule has 0 aliphatic carbocycles. The highest BCUT2D eigenvalue weighted by atomic mass is 35.5. The molecule has 1 heterocycles. The summed E-state index contributed by atoms with van der Waals surface area (Å²) >= 11 is 5.96. The Morgan fingerprint density at radius 2 is 2.32 bits per heavy atom. The monoisotopic (exact) mass is 281 g/mol. The van der Waals surface area contributed by atoms with E-state index in [1.54, 1.807) is 24.1 Å². The highest BCUT2D eigenvalue weighted by Gasteiger charge is 2.09. The topological polar surface area (TPSA) is 85.9 Å². The van der Waals surface area contributed by atoms with Crippen molar-refractivity contribution < 1.29 is 4.92 Å². The molecule has 0 amide bonds. The minimum Gasteiger partial charge on any atom is -0.383 e. The lowest BCUT2D eigenvalue weighted by atomic mass is 10.2. The Balaban J connectivity index is 1.94. The summed E-state index contributed by atoms with van der Waals surface area (Å²) in [6.45, 7) is 0.599. The van der Waals surface area contributed by atoms with Gasteiger partial charge in [0.2, 0.25) is 0 Å². The van der Waals surface area contributed by atoms with Crippen LogP contribution in [0.15, 0.2) is 24.5 Å². The Kier molecular flexibility index (Phi) is 3.96. The van der Waals surface area contributed by atoms with E-state index >= 15 is 0 Å². The normalized spacial score (nSPS) is 10.4. The molecular weight excluding hydrogens is 270 g/mol. The van der Waals surface area contributed by atoms with Gasteiger partial charge in [0.1, 0.15) is 6.33 Å². The van der Waals surface area contributed by atoms with Crippen molar-refractivity contribution in [3.63, 3.8) is 0 Å². The smallest absolute Gasteiger partial charge is 0.271 e. The van der Waals surface area contributed by atoms with Gasteiger partial charge in [0.05, 0.1) is 15.6 Å². The number of halogens is 1. The Morgan fingerprint density at radius 1 is 1.53 bits per heavy atom. The fourth-order valence-corrected chi connectivity index (χ4v) is 1.81. The largest absolute Gasteiger partial charge is 0.383 e. The van der Waals surface area contributed by atoms with Gasteiger partial charge >= 0.3 is 0 Å². The molecule has 19 heavy (non-hydrogen) atoms. The first-order valence-corrected chi connectivity index (χ1v) is 5.96. The van der Waals surface area contributed by atoms with E-state index in [1.165, 1.54) is 12.1 Å². The van der Waals surface area contributed by atoms with Crippen LogP contribution in [0.25, 0.3) is 0 Å². The molecule has 0 saturated carbocycles. The van der Waals surface area contributed by atoms with Gasteiger partial charge in [0.25, 0.3) is 5.69 Å². The molecule has 2 rings (SSSR count). The number of hydrogen-bond acceptors (Lipinski definition) is 5. The molecular formula is C11H12ClN5O2. The Morgan fingerprint density at radius 3 is 2.89 bits per heavy atom. The quantitative estimate of drug-likeness (QED) is 0.669. The molecule has 0 bridgehead atoms. The van der Waals surface area contributed by atoms with E-state index < -0.39 is 4.92 Å². The SMILES string of the molecule is Cn1cnc(CCNc2ccc([N+](=O)[O-])cc2Cl)n1. The third kappa shape index (κ3) is 3.41. The molecule has 0 aliphatic rings. The van der Waals surface area contributed by atoms with Gasteiger partial charge in [-0.15, -0.1) is 0 Å². The molecule has 0 spiro atoms. The maximum atomic E-state index is 10.6. The first-order chi connectivity index (χ1) is 9.06. The molecule has 0 radical (unpaired) electrons.